The van der Waals surface area contributed by atoms with Crippen LogP contribution in [0.1, 0.15) is 17.2 Å². The Morgan fingerprint density at radius 2 is 1.90 bits per heavy atom. The second-order valence-electron chi connectivity index (χ2n) is 4.08. The van der Waals surface area contributed by atoms with Crippen molar-refractivity contribution in [1.82, 2.24) is 0 Å². The number of hydrogen-bond acceptors (Lipinski definition) is 2. The molecule has 0 fully saturated rings. The molecular weight excluding hydrogens is 445 g/mol. The van der Waals surface area contributed by atoms with Crippen LogP contribution >= 0.6 is 38.5 Å². The van der Waals surface area contributed by atoms with E-state index in [9.17, 15) is 13.9 Å². The largest absolute Gasteiger partial charge is 0.496 e. The molecule has 20 heavy (non-hydrogen) atoms. The smallest absolute Gasteiger partial charge is 0.141 e. The second kappa shape index (κ2) is 6.36. The van der Waals surface area contributed by atoms with Gasteiger partial charge in [-0.3, -0.25) is 0 Å². The molecule has 1 N–H and O–H groups in total. The standard InChI is InChI=1S/C14H10BrF2IO2/c1-20-13-6-11(17)10(15)5-9(13)14(19)8-3-2-7(16)4-12(8)18/h2-6,14,19H,1H3. The van der Waals surface area contributed by atoms with E-state index in [0.717, 1.165) is 0 Å². The maximum absolute atomic E-state index is 13.5. The van der Waals surface area contributed by atoms with Crippen molar-refractivity contribution in [2.75, 3.05) is 7.11 Å². The van der Waals surface area contributed by atoms with E-state index in [1.165, 1.54) is 37.4 Å². The minimum absolute atomic E-state index is 0.226. The Morgan fingerprint density at radius 1 is 1.20 bits per heavy atom. The van der Waals surface area contributed by atoms with Crippen LogP contribution in [0, 0.1) is 15.2 Å². The Bertz CT molecular complexity index is 649. The van der Waals surface area contributed by atoms with Gasteiger partial charge in [-0.15, -0.1) is 0 Å². The number of hydrogen-bond donors (Lipinski definition) is 1. The molecule has 0 amide bonds. The first-order chi connectivity index (χ1) is 9.43. The van der Waals surface area contributed by atoms with Crippen molar-refractivity contribution in [2.24, 2.45) is 0 Å². The van der Waals surface area contributed by atoms with Gasteiger partial charge >= 0.3 is 0 Å². The van der Waals surface area contributed by atoms with Gasteiger partial charge in [-0.1, -0.05) is 6.07 Å². The SMILES string of the molecule is COc1cc(F)c(Br)cc1C(O)c1ccc(F)cc1I. The first kappa shape index (κ1) is 15.7. The van der Waals surface area contributed by atoms with E-state index in [2.05, 4.69) is 15.9 Å². The molecule has 0 saturated carbocycles. The monoisotopic (exact) mass is 454 g/mol. The van der Waals surface area contributed by atoms with Crippen molar-refractivity contribution in [2.45, 2.75) is 6.10 Å². The van der Waals surface area contributed by atoms with Gasteiger partial charge < -0.3 is 9.84 Å². The van der Waals surface area contributed by atoms with Crippen LogP contribution < -0.4 is 4.74 Å². The molecule has 0 aliphatic carbocycles. The molecule has 2 nitrogen and oxygen atoms in total. The summed E-state index contributed by atoms with van der Waals surface area (Å²) in [5.41, 5.74) is 0.939. The van der Waals surface area contributed by atoms with E-state index >= 15 is 0 Å². The molecule has 0 spiro atoms. The molecule has 1 unspecified atom stereocenters. The Balaban J connectivity index is 2.52. The van der Waals surface area contributed by atoms with Crippen LogP contribution in [0.15, 0.2) is 34.8 Å². The summed E-state index contributed by atoms with van der Waals surface area (Å²) in [6.45, 7) is 0. The second-order valence-corrected chi connectivity index (χ2v) is 6.09. The summed E-state index contributed by atoms with van der Waals surface area (Å²) in [5.74, 6) is -0.623. The Hall–Kier alpha value is -0.730. The van der Waals surface area contributed by atoms with Crippen molar-refractivity contribution < 1.29 is 18.6 Å². The molecule has 0 saturated heterocycles. The fourth-order valence-corrected chi connectivity index (χ4v) is 2.96. The minimum Gasteiger partial charge on any atom is -0.496 e. The lowest BCUT2D eigenvalue weighted by Gasteiger charge is -2.17. The van der Waals surface area contributed by atoms with Crippen molar-refractivity contribution in [3.63, 3.8) is 0 Å². The van der Waals surface area contributed by atoms with Gasteiger partial charge in [-0.2, -0.15) is 0 Å². The van der Waals surface area contributed by atoms with E-state index in [1.54, 1.807) is 0 Å². The normalized spacial score (nSPS) is 12.3. The van der Waals surface area contributed by atoms with Gasteiger partial charge in [0.2, 0.25) is 0 Å². The minimum atomic E-state index is -1.03. The third-order valence-electron chi connectivity index (χ3n) is 2.82. The Kier molecular flexibility index (Phi) is 4.98. The molecule has 0 aromatic heterocycles. The number of aliphatic hydroxyl groups excluding tert-OH is 1. The Labute approximate surface area is 137 Å². The fraction of sp³-hybridized carbons (Fsp3) is 0.143. The van der Waals surface area contributed by atoms with E-state index in [0.29, 0.717) is 14.7 Å². The van der Waals surface area contributed by atoms with E-state index < -0.39 is 11.9 Å². The summed E-state index contributed by atoms with van der Waals surface area (Å²) in [6, 6.07) is 6.74. The van der Waals surface area contributed by atoms with Crippen LogP contribution in [0.5, 0.6) is 5.75 Å². The zero-order valence-corrected chi connectivity index (χ0v) is 14.1. The molecule has 6 heteroatoms. The average Bonchev–Trinajstić information content (AvgIpc) is 2.40. The first-order valence-electron chi connectivity index (χ1n) is 5.60. The molecule has 0 heterocycles. The fourth-order valence-electron chi connectivity index (χ4n) is 1.83. The van der Waals surface area contributed by atoms with E-state index in [-0.39, 0.29) is 16.0 Å². The Morgan fingerprint density at radius 3 is 2.50 bits per heavy atom. The number of methoxy groups -OCH3 is 1. The number of ether oxygens (including phenoxy) is 1. The molecule has 0 radical (unpaired) electrons. The number of rotatable bonds is 3. The van der Waals surface area contributed by atoms with E-state index in [1.807, 2.05) is 22.6 Å². The molecule has 0 bridgehead atoms. The predicted molar refractivity (Wildman–Crippen MR) is 83.8 cm³/mol. The van der Waals surface area contributed by atoms with Gasteiger partial charge in [0.25, 0.3) is 0 Å². The highest BCUT2D eigenvalue weighted by Crippen LogP contribution is 2.35. The van der Waals surface area contributed by atoms with Crippen LogP contribution in [0.25, 0.3) is 0 Å². The van der Waals surface area contributed by atoms with Gasteiger partial charge in [-0.25, -0.2) is 8.78 Å². The maximum Gasteiger partial charge on any atom is 0.141 e. The highest BCUT2D eigenvalue weighted by atomic mass is 127. The van der Waals surface area contributed by atoms with Crippen molar-refractivity contribution in [3.05, 3.63) is 61.1 Å². The molecule has 106 valence electrons. The zero-order valence-electron chi connectivity index (χ0n) is 10.3. The quantitative estimate of drug-likeness (QED) is 0.695. The summed E-state index contributed by atoms with van der Waals surface area (Å²) >= 11 is 5.02. The molecule has 0 aliphatic rings. The summed E-state index contributed by atoms with van der Waals surface area (Å²) in [5, 5.41) is 10.4. The molecule has 2 aromatic carbocycles. The summed E-state index contributed by atoms with van der Waals surface area (Å²) in [6.07, 6.45) is -1.03. The van der Waals surface area contributed by atoms with Gasteiger partial charge in [0, 0.05) is 15.2 Å². The number of aliphatic hydroxyl groups is 1. The highest BCUT2D eigenvalue weighted by Gasteiger charge is 2.20. The van der Waals surface area contributed by atoms with Gasteiger partial charge in [0.05, 0.1) is 11.6 Å². The highest BCUT2D eigenvalue weighted by molar-refractivity contribution is 14.1. The summed E-state index contributed by atoms with van der Waals surface area (Å²) in [4.78, 5) is 0. The van der Waals surface area contributed by atoms with Crippen LogP contribution in [0.3, 0.4) is 0 Å². The van der Waals surface area contributed by atoms with E-state index in [4.69, 9.17) is 4.74 Å². The molecule has 2 rings (SSSR count). The van der Waals surface area contributed by atoms with Crippen molar-refractivity contribution in [1.29, 1.82) is 0 Å². The lowest BCUT2D eigenvalue weighted by Crippen LogP contribution is -2.05. The summed E-state index contributed by atoms with van der Waals surface area (Å²) in [7, 11) is 1.40. The third-order valence-corrected chi connectivity index (χ3v) is 4.37. The van der Waals surface area contributed by atoms with Crippen LogP contribution in [0.2, 0.25) is 0 Å². The van der Waals surface area contributed by atoms with Crippen LogP contribution in [-0.2, 0) is 0 Å². The molecule has 1 atom stereocenters. The lowest BCUT2D eigenvalue weighted by atomic mass is 10.0. The predicted octanol–water partition coefficient (Wildman–Crippen LogP) is 4.42. The lowest BCUT2D eigenvalue weighted by molar-refractivity contribution is 0.213. The van der Waals surface area contributed by atoms with Crippen LogP contribution in [0.4, 0.5) is 8.78 Å². The van der Waals surface area contributed by atoms with Gasteiger partial charge in [0.15, 0.2) is 0 Å². The number of halogens is 4. The first-order valence-corrected chi connectivity index (χ1v) is 7.47. The van der Waals surface area contributed by atoms with Crippen LogP contribution in [-0.4, -0.2) is 12.2 Å². The molecule has 2 aromatic rings. The topological polar surface area (TPSA) is 29.5 Å². The average molecular weight is 455 g/mol. The van der Waals surface area contributed by atoms with Gasteiger partial charge in [0.1, 0.15) is 23.5 Å². The van der Waals surface area contributed by atoms with Gasteiger partial charge in [-0.05, 0) is 62.3 Å². The number of benzene rings is 2. The summed E-state index contributed by atoms with van der Waals surface area (Å²) < 4.78 is 32.5. The third kappa shape index (κ3) is 3.12. The molecule has 0 aliphatic heterocycles. The molecular formula is C14H10BrF2IO2. The zero-order chi connectivity index (χ0) is 14.9. The van der Waals surface area contributed by atoms with Crippen molar-refractivity contribution in [3.8, 4) is 5.75 Å². The van der Waals surface area contributed by atoms with Crippen molar-refractivity contribution >= 4 is 38.5 Å². The maximum atomic E-state index is 13.5.